The van der Waals surface area contributed by atoms with Crippen LogP contribution >= 0.6 is 22.6 Å². The second-order valence-corrected chi connectivity index (χ2v) is 8.35. The highest BCUT2D eigenvalue weighted by Gasteiger charge is 2.25. The van der Waals surface area contributed by atoms with E-state index in [9.17, 15) is 13.6 Å². The SMILES string of the molecule is COCC(CCOc1cc(F)cc(N(C)c2ccc(I)cc2F)c1C(=O)N(C)C)OC. The van der Waals surface area contributed by atoms with Crippen molar-refractivity contribution in [3.63, 3.8) is 0 Å². The largest absolute Gasteiger partial charge is 0.492 e. The standard InChI is InChI=1S/C22H27F2IN2O4/c1-26(2)22(28)21-19(27(3)18-7-6-15(25)12-17(18)24)10-14(23)11-20(21)31-9-8-16(30-5)13-29-4/h6-7,10-12,16H,8-9,13H2,1-5H3. The predicted molar refractivity (Wildman–Crippen MR) is 124 cm³/mol. The normalized spacial score (nSPS) is 11.9. The minimum atomic E-state index is -0.599. The molecule has 0 spiro atoms. The number of amides is 1. The average Bonchev–Trinajstić information content (AvgIpc) is 2.71. The Morgan fingerprint density at radius 1 is 1.10 bits per heavy atom. The van der Waals surface area contributed by atoms with Gasteiger partial charge in [0.2, 0.25) is 0 Å². The fourth-order valence-corrected chi connectivity index (χ4v) is 3.48. The second-order valence-electron chi connectivity index (χ2n) is 7.10. The molecule has 1 unspecified atom stereocenters. The van der Waals surface area contributed by atoms with Gasteiger partial charge in [-0.25, -0.2) is 8.78 Å². The number of halogens is 3. The van der Waals surface area contributed by atoms with Gasteiger partial charge < -0.3 is 24.0 Å². The Labute approximate surface area is 195 Å². The Kier molecular flexibility index (Phi) is 9.45. The van der Waals surface area contributed by atoms with Gasteiger partial charge in [0.15, 0.2) is 0 Å². The lowest BCUT2D eigenvalue weighted by Gasteiger charge is -2.26. The van der Waals surface area contributed by atoms with Crippen LogP contribution in [0.5, 0.6) is 5.75 Å². The van der Waals surface area contributed by atoms with E-state index in [2.05, 4.69) is 0 Å². The molecule has 9 heteroatoms. The van der Waals surface area contributed by atoms with E-state index >= 15 is 0 Å². The third kappa shape index (κ3) is 6.50. The molecule has 0 aliphatic rings. The maximum absolute atomic E-state index is 14.6. The highest BCUT2D eigenvalue weighted by atomic mass is 127. The molecule has 0 bridgehead atoms. The van der Waals surface area contributed by atoms with Gasteiger partial charge in [-0.2, -0.15) is 0 Å². The van der Waals surface area contributed by atoms with E-state index in [0.29, 0.717) is 13.0 Å². The van der Waals surface area contributed by atoms with Crippen LogP contribution in [0, 0.1) is 15.2 Å². The third-order valence-corrected chi connectivity index (χ3v) is 5.35. The number of hydrogen-bond donors (Lipinski definition) is 0. The number of nitrogens with zero attached hydrogens (tertiary/aromatic N) is 2. The van der Waals surface area contributed by atoms with Gasteiger partial charge in [0.1, 0.15) is 22.9 Å². The van der Waals surface area contributed by atoms with Crippen LogP contribution in [0.25, 0.3) is 0 Å². The van der Waals surface area contributed by atoms with Crippen molar-refractivity contribution in [3.8, 4) is 5.75 Å². The molecular weight excluding hydrogens is 521 g/mol. The Hall–Kier alpha value is -1.98. The molecule has 6 nitrogen and oxygen atoms in total. The minimum Gasteiger partial charge on any atom is -0.492 e. The lowest BCUT2D eigenvalue weighted by atomic mass is 10.1. The Morgan fingerprint density at radius 3 is 2.39 bits per heavy atom. The lowest BCUT2D eigenvalue weighted by Crippen LogP contribution is -2.26. The van der Waals surface area contributed by atoms with Gasteiger partial charge in [0, 0.05) is 51.4 Å². The molecule has 1 amide bonds. The summed E-state index contributed by atoms with van der Waals surface area (Å²) in [5, 5.41) is 0. The molecule has 0 N–H and O–H groups in total. The highest BCUT2D eigenvalue weighted by molar-refractivity contribution is 14.1. The van der Waals surface area contributed by atoms with Gasteiger partial charge in [0.05, 0.1) is 30.7 Å². The number of carbonyl (C=O) groups excluding carboxylic acids is 1. The first-order valence-electron chi connectivity index (χ1n) is 9.58. The van der Waals surface area contributed by atoms with E-state index in [1.54, 1.807) is 47.5 Å². The van der Waals surface area contributed by atoms with Crippen molar-refractivity contribution in [2.75, 3.05) is 53.5 Å². The van der Waals surface area contributed by atoms with Gasteiger partial charge in [-0.15, -0.1) is 0 Å². The molecular formula is C22H27F2IN2O4. The van der Waals surface area contributed by atoms with Crippen LogP contribution in [0.15, 0.2) is 30.3 Å². The summed E-state index contributed by atoms with van der Waals surface area (Å²) < 4.78 is 46.0. The maximum Gasteiger partial charge on any atom is 0.259 e. The van der Waals surface area contributed by atoms with Gasteiger partial charge >= 0.3 is 0 Å². The van der Waals surface area contributed by atoms with Crippen molar-refractivity contribution in [3.05, 3.63) is 51.1 Å². The van der Waals surface area contributed by atoms with E-state index in [4.69, 9.17) is 14.2 Å². The summed E-state index contributed by atoms with van der Waals surface area (Å²) in [7, 11) is 7.89. The average molecular weight is 548 g/mol. The zero-order valence-corrected chi connectivity index (χ0v) is 20.4. The maximum atomic E-state index is 14.6. The highest BCUT2D eigenvalue weighted by Crippen LogP contribution is 2.36. The number of ether oxygens (including phenoxy) is 3. The van der Waals surface area contributed by atoms with Crippen molar-refractivity contribution in [2.24, 2.45) is 0 Å². The first-order chi connectivity index (χ1) is 14.7. The summed E-state index contributed by atoms with van der Waals surface area (Å²) in [6, 6.07) is 7.05. The van der Waals surface area contributed by atoms with Crippen LogP contribution < -0.4 is 9.64 Å². The number of carbonyl (C=O) groups is 1. The Balaban J connectivity index is 2.46. The smallest absolute Gasteiger partial charge is 0.259 e. The number of rotatable bonds is 10. The third-order valence-electron chi connectivity index (χ3n) is 4.68. The molecule has 1 atom stereocenters. The minimum absolute atomic E-state index is 0.0822. The number of hydrogen-bond acceptors (Lipinski definition) is 5. The van der Waals surface area contributed by atoms with Gasteiger partial charge in [-0.05, 0) is 46.9 Å². The van der Waals surface area contributed by atoms with E-state index in [1.807, 2.05) is 22.6 Å². The molecule has 170 valence electrons. The summed E-state index contributed by atoms with van der Waals surface area (Å²) in [4.78, 5) is 15.8. The molecule has 0 saturated heterocycles. The lowest BCUT2D eigenvalue weighted by molar-refractivity contribution is 0.0160. The van der Waals surface area contributed by atoms with E-state index in [0.717, 1.165) is 9.64 Å². The van der Waals surface area contributed by atoms with Gasteiger partial charge in [-0.3, -0.25) is 4.79 Å². The Morgan fingerprint density at radius 2 is 1.81 bits per heavy atom. The van der Waals surface area contributed by atoms with Crippen LogP contribution in [-0.2, 0) is 9.47 Å². The van der Waals surface area contributed by atoms with Crippen molar-refractivity contribution in [1.82, 2.24) is 4.90 Å². The van der Waals surface area contributed by atoms with E-state index in [-0.39, 0.29) is 41.3 Å². The summed E-state index contributed by atoms with van der Waals surface area (Å²) >= 11 is 2.01. The molecule has 0 aromatic heterocycles. The van der Waals surface area contributed by atoms with Crippen molar-refractivity contribution in [1.29, 1.82) is 0 Å². The van der Waals surface area contributed by atoms with E-state index in [1.165, 1.54) is 21.9 Å². The zero-order valence-electron chi connectivity index (χ0n) is 18.2. The monoisotopic (exact) mass is 548 g/mol. The fraction of sp³-hybridized carbons (Fsp3) is 0.409. The fourth-order valence-electron chi connectivity index (χ4n) is 3.02. The molecule has 2 rings (SSSR count). The van der Waals surface area contributed by atoms with Crippen LogP contribution in [-0.4, -0.2) is 65.5 Å². The quantitative estimate of drug-likeness (QED) is 0.411. The number of methoxy groups -OCH3 is 2. The first-order valence-corrected chi connectivity index (χ1v) is 10.7. The van der Waals surface area contributed by atoms with E-state index < -0.39 is 11.6 Å². The molecule has 0 saturated carbocycles. The van der Waals surface area contributed by atoms with Crippen molar-refractivity contribution >= 4 is 39.9 Å². The molecule has 31 heavy (non-hydrogen) atoms. The van der Waals surface area contributed by atoms with Gasteiger partial charge in [-0.1, -0.05) is 0 Å². The van der Waals surface area contributed by atoms with Crippen LogP contribution in [0.4, 0.5) is 20.2 Å². The first kappa shape index (κ1) is 25.3. The second kappa shape index (κ2) is 11.6. The molecule has 2 aromatic carbocycles. The topological polar surface area (TPSA) is 51.2 Å². The van der Waals surface area contributed by atoms with Gasteiger partial charge in [0.25, 0.3) is 5.91 Å². The zero-order chi connectivity index (χ0) is 23.1. The number of benzene rings is 2. The molecule has 0 radical (unpaired) electrons. The van der Waals surface area contributed by atoms with Crippen LogP contribution in [0.3, 0.4) is 0 Å². The van der Waals surface area contributed by atoms with Crippen molar-refractivity contribution < 1.29 is 27.8 Å². The molecule has 0 fully saturated rings. The van der Waals surface area contributed by atoms with Crippen LogP contribution in [0.2, 0.25) is 0 Å². The summed E-state index contributed by atoms with van der Waals surface area (Å²) in [5.41, 5.74) is 0.561. The molecule has 0 heterocycles. The molecule has 2 aromatic rings. The van der Waals surface area contributed by atoms with Crippen molar-refractivity contribution in [2.45, 2.75) is 12.5 Å². The summed E-state index contributed by atoms with van der Waals surface area (Å²) in [6.45, 7) is 0.562. The van der Waals surface area contributed by atoms with Crippen LogP contribution in [0.1, 0.15) is 16.8 Å². The summed E-state index contributed by atoms with van der Waals surface area (Å²) in [6.07, 6.45) is 0.280. The predicted octanol–water partition coefficient (Wildman–Crippen LogP) is 4.47. The summed E-state index contributed by atoms with van der Waals surface area (Å²) in [5.74, 6) is -1.38. The molecule has 0 aliphatic carbocycles. The number of anilines is 2. The molecule has 0 aliphatic heterocycles. The Bertz CT molecular complexity index is 911.